The smallest absolute Gasteiger partial charge is 0.314 e. The van der Waals surface area contributed by atoms with Crippen molar-refractivity contribution in [1.29, 1.82) is 0 Å². The van der Waals surface area contributed by atoms with Gasteiger partial charge in [0.2, 0.25) is 5.82 Å². The van der Waals surface area contributed by atoms with Crippen molar-refractivity contribution in [2.75, 3.05) is 13.2 Å². The summed E-state index contributed by atoms with van der Waals surface area (Å²) in [6, 6.07) is 7.72. The van der Waals surface area contributed by atoms with E-state index in [1.54, 1.807) is 12.1 Å². The van der Waals surface area contributed by atoms with Gasteiger partial charge in [0.25, 0.3) is 0 Å². The molecule has 0 amide bonds. The molecule has 0 saturated heterocycles. The molecule has 35 heavy (non-hydrogen) atoms. The molecule has 2 aliphatic carbocycles. The van der Waals surface area contributed by atoms with E-state index >= 15 is 0 Å². The highest BCUT2D eigenvalue weighted by atomic mass is 19.2. The van der Waals surface area contributed by atoms with Crippen molar-refractivity contribution < 1.29 is 32.5 Å². The third kappa shape index (κ3) is 5.83. The average molecular weight is 491 g/mol. The number of ether oxygens (including phenoxy) is 2. The molecule has 4 rings (SSSR count). The fourth-order valence-corrected chi connectivity index (χ4v) is 5.52. The van der Waals surface area contributed by atoms with Crippen molar-refractivity contribution in [1.82, 2.24) is 0 Å². The van der Waals surface area contributed by atoms with Gasteiger partial charge in [0.05, 0.1) is 12.5 Å². The van der Waals surface area contributed by atoms with Crippen molar-refractivity contribution in [3.63, 3.8) is 0 Å². The molecule has 0 radical (unpaired) electrons. The van der Waals surface area contributed by atoms with E-state index in [0.717, 1.165) is 12.8 Å². The van der Waals surface area contributed by atoms with Crippen molar-refractivity contribution >= 4 is 5.97 Å². The van der Waals surface area contributed by atoms with E-state index in [2.05, 4.69) is 0 Å². The predicted octanol–water partition coefficient (Wildman–Crippen LogP) is 6.65. The first-order chi connectivity index (χ1) is 16.9. The van der Waals surface area contributed by atoms with Crippen molar-refractivity contribution in [3.05, 3.63) is 58.9 Å². The molecule has 7 heteroatoms. The lowest BCUT2D eigenvalue weighted by molar-refractivity contribution is -0.140. The zero-order valence-electron chi connectivity index (χ0n) is 20.1. The first-order valence-corrected chi connectivity index (χ1v) is 12.6. The van der Waals surface area contributed by atoms with Crippen LogP contribution in [0.1, 0.15) is 81.3 Å². The summed E-state index contributed by atoms with van der Waals surface area (Å²) in [4.78, 5) is 12.7. The molecular weight excluding hydrogens is 457 g/mol. The van der Waals surface area contributed by atoms with Gasteiger partial charge in [0.15, 0.2) is 11.6 Å². The van der Waals surface area contributed by atoms with E-state index in [-0.39, 0.29) is 35.9 Å². The fraction of sp³-hybridized carbons (Fsp3) is 0.536. The van der Waals surface area contributed by atoms with Crippen LogP contribution in [0.5, 0.6) is 11.5 Å². The number of hydrogen-bond donors (Lipinski definition) is 1. The Balaban J connectivity index is 1.34. The molecule has 2 aromatic rings. The number of carbonyl (C=O) groups excluding carboxylic acids is 1. The predicted molar refractivity (Wildman–Crippen MR) is 126 cm³/mol. The summed E-state index contributed by atoms with van der Waals surface area (Å²) < 4.78 is 54.7. The van der Waals surface area contributed by atoms with Crippen molar-refractivity contribution in [3.8, 4) is 11.5 Å². The summed E-state index contributed by atoms with van der Waals surface area (Å²) in [6.45, 7) is 2.42. The summed E-state index contributed by atoms with van der Waals surface area (Å²) >= 11 is 0. The Labute approximate surface area is 204 Å². The van der Waals surface area contributed by atoms with E-state index in [0.29, 0.717) is 62.0 Å². The number of carbonyl (C=O) groups is 1. The fourth-order valence-electron chi connectivity index (χ4n) is 5.52. The molecule has 0 atom stereocenters. The second kappa shape index (κ2) is 11.5. The Morgan fingerprint density at radius 3 is 2.14 bits per heavy atom. The largest absolute Gasteiger partial charge is 0.494 e. The maximum Gasteiger partial charge on any atom is 0.314 e. The number of aliphatic hydroxyl groups excluding tert-OH is 1. The molecule has 0 spiro atoms. The number of halogens is 3. The Morgan fingerprint density at radius 1 is 0.886 bits per heavy atom. The van der Waals surface area contributed by atoms with Crippen LogP contribution in [-0.4, -0.2) is 24.3 Å². The van der Waals surface area contributed by atoms with Gasteiger partial charge in [-0.05, 0) is 99.3 Å². The van der Waals surface area contributed by atoms with E-state index in [4.69, 9.17) is 9.47 Å². The van der Waals surface area contributed by atoms with Gasteiger partial charge in [-0.15, -0.1) is 0 Å². The van der Waals surface area contributed by atoms with Crippen molar-refractivity contribution in [2.45, 2.75) is 70.1 Å². The molecule has 2 saturated carbocycles. The average Bonchev–Trinajstić information content (AvgIpc) is 2.87. The lowest BCUT2D eigenvalue weighted by Gasteiger charge is -2.28. The summed E-state index contributed by atoms with van der Waals surface area (Å²) in [5.74, 6) is -3.21. The molecule has 2 aliphatic rings. The number of hydrogen-bond acceptors (Lipinski definition) is 4. The SMILES string of the molecule is CCOc1ccc(C2CCC(C(=O)Oc3ccc(C4CCC(CO)CC4)c(F)c3F)CC2)c(F)c1. The zero-order valence-corrected chi connectivity index (χ0v) is 20.1. The van der Waals surface area contributed by atoms with Crippen LogP contribution in [0.15, 0.2) is 30.3 Å². The molecule has 0 bridgehead atoms. The molecule has 0 unspecified atom stereocenters. The highest BCUT2D eigenvalue weighted by Gasteiger charge is 2.31. The first-order valence-electron chi connectivity index (χ1n) is 12.6. The third-order valence-corrected chi connectivity index (χ3v) is 7.62. The number of benzene rings is 2. The minimum Gasteiger partial charge on any atom is -0.494 e. The van der Waals surface area contributed by atoms with E-state index < -0.39 is 23.5 Å². The maximum atomic E-state index is 14.8. The molecule has 4 nitrogen and oxygen atoms in total. The Hall–Kier alpha value is -2.54. The lowest BCUT2D eigenvalue weighted by atomic mass is 9.78. The number of aliphatic hydroxyl groups is 1. The minimum absolute atomic E-state index is 0.0101. The van der Waals surface area contributed by atoms with Crippen LogP contribution in [-0.2, 0) is 4.79 Å². The second-order valence-corrected chi connectivity index (χ2v) is 9.77. The molecule has 0 aliphatic heterocycles. The van der Waals surface area contributed by atoms with Crippen LogP contribution in [0.3, 0.4) is 0 Å². The van der Waals surface area contributed by atoms with Gasteiger partial charge in [0.1, 0.15) is 11.6 Å². The second-order valence-electron chi connectivity index (χ2n) is 9.77. The molecule has 0 heterocycles. The Kier molecular flexibility index (Phi) is 8.37. The topological polar surface area (TPSA) is 55.8 Å². The molecule has 2 aromatic carbocycles. The summed E-state index contributed by atoms with van der Waals surface area (Å²) in [5.41, 5.74) is 0.911. The molecule has 190 valence electrons. The number of rotatable bonds is 7. The van der Waals surface area contributed by atoms with Gasteiger partial charge in [0, 0.05) is 12.7 Å². The first kappa shape index (κ1) is 25.5. The highest BCUT2D eigenvalue weighted by molar-refractivity contribution is 5.75. The quantitative estimate of drug-likeness (QED) is 0.349. The van der Waals surface area contributed by atoms with Crippen LogP contribution in [0.25, 0.3) is 0 Å². The van der Waals surface area contributed by atoms with E-state index in [1.165, 1.54) is 18.2 Å². The third-order valence-electron chi connectivity index (χ3n) is 7.62. The maximum absolute atomic E-state index is 14.8. The Bertz CT molecular complexity index is 1030. The molecular formula is C28H33F3O4. The van der Waals surface area contributed by atoms with Crippen LogP contribution in [0.4, 0.5) is 13.2 Å². The summed E-state index contributed by atoms with van der Waals surface area (Å²) in [5, 5.41) is 9.28. The van der Waals surface area contributed by atoms with Gasteiger partial charge in [-0.25, -0.2) is 8.78 Å². The van der Waals surface area contributed by atoms with E-state index in [9.17, 15) is 23.1 Å². The standard InChI is InChI=1S/C28H33F3O4/c1-2-34-21-11-12-22(24(29)15-21)18-7-9-20(10-8-18)28(33)35-25-14-13-23(26(30)27(25)31)19-5-3-17(16-32)4-6-19/h11-15,17-20,32H,2-10,16H2,1H3. The zero-order chi connectivity index (χ0) is 24.9. The van der Waals surface area contributed by atoms with Crippen LogP contribution in [0, 0.1) is 29.3 Å². The van der Waals surface area contributed by atoms with Gasteiger partial charge < -0.3 is 14.6 Å². The van der Waals surface area contributed by atoms with Gasteiger partial charge in [-0.3, -0.25) is 4.79 Å². The summed E-state index contributed by atoms with van der Waals surface area (Å²) in [6.07, 6.45) is 5.15. The van der Waals surface area contributed by atoms with Crippen LogP contribution >= 0.6 is 0 Å². The normalized spacial score (nSPS) is 24.7. The molecule has 1 N–H and O–H groups in total. The summed E-state index contributed by atoms with van der Waals surface area (Å²) in [7, 11) is 0. The van der Waals surface area contributed by atoms with E-state index in [1.807, 2.05) is 6.92 Å². The van der Waals surface area contributed by atoms with Gasteiger partial charge in [-0.2, -0.15) is 4.39 Å². The highest BCUT2D eigenvalue weighted by Crippen LogP contribution is 2.40. The monoisotopic (exact) mass is 490 g/mol. The van der Waals surface area contributed by atoms with Gasteiger partial charge >= 0.3 is 5.97 Å². The Morgan fingerprint density at radius 2 is 1.51 bits per heavy atom. The van der Waals surface area contributed by atoms with Gasteiger partial charge in [-0.1, -0.05) is 12.1 Å². The lowest BCUT2D eigenvalue weighted by Crippen LogP contribution is -2.26. The molecule has 2 fully saturated rings. The van der Waals surface area contributed by atoms with Crippen LogP contribution < -0.4 is 9.47 Å². The van der Waals surface area contributed by atoms with Crippen LogP contribution in [0.2, 0.25) is 0 Å². The van der Waals surface area contributed by atoms with Crippen molar-refractivity contribution in [2.24, 2.45) is 11.8 Å². The number of esters is 1. The minimum atomic E-state index is -1.13. The molecule has 0 aromatic heterocycles.